The highest BCUT2D eigenvalue weighted by Crippen LogP contribution is 2.24. The second-order valence-electron chi connectivity index (χ2n) is 25.9. The number of H-pyrrole nitrogens is 6. The molecule has 0 aliphatic carbocycles. The summed E-state index contributed by atoms with van der Waals surface area (Å²) in [7, 11) is -3.24. The van der Waals surface area contributed by atoms with E-state index in [1.54, 1.807) is 163 Å². The number of rotatable bonds is 22. The number of aryl methyl sites for hydroxylation is 4. The minimum absolute atomic E-state index is 0.0294. The van der Waals surface area contributed by atoms with Gasteiger partial charge in [-0.05, 0) is 173 Å². The number of nitrogens with one attached hydrogen (secondary N) is 6. The Morgan fingerprint density at radius 2 is 0.773 bits per heavy atom. The molecule has 4 heterocycles. The molecule has 0 amide bonds. The van der Waals surface area contributed by atoms with E-state index in [2.05, 4.69) is 47.2 Å². The lowest BCUT2D eigenvalue weighted by atomic mass is 9.95. The molecule has 0 saturated carbocycles. The van der Waals surface area contributed by atoms with Gasteiger partial charge in [0.1, 0.15) is 11.4 Å². The Bertz CT molecular complexity index is 5500. The summed E-state index contributed by atoms with van der Waals surface area (Å²) in [4.78, 5) is 162. The van der Waals surface area contributed by atoms with Crippen molar-refractivity contribution in [1.82, 2.24) is 39.0 Å². The summed E-state index contributed by atoms with van der Waals surface area (Å²) >= 11 is 5.21. The van der Waals surface area contributed by atoms with Crippen LogP contribution in [0.1, 0.15) is 237 Å². The number of allylic oxidation sites excluding steroid dienone is 5. The lowest BCUT2D eigenvalue weighted by Crippen LogP contribution is -2.38. The quantitative estimate of drug-likeness (QED) is 0.0121. The van der Waals surface area contributed by atoms with Crippen LogP contribution in [0.3, 0.4) is 0 Å². The molecule has 110 heavy (non-hydrogen) atoms. The molecule has 0 aliphatic heterocycles. The van der Waals surface area contributed by atoms with Gasteiger partial charge in [-0.3, -0.25) is 71.6 Å². The number of alkyl halides is 1. The molecule has 6 N–H and O–H groups in total. The van der Waals surface area contributed by atoms with Crippen LogP contribution in [0, 0.1) is 73.0 Å². The van der Waals surface area contributed by atoms with Gasteiger partial charge in [-0.2, -0.15) is 29.5 Å². The number of halogens is 1. The summed E-state index contributed by atoms with van der Waals surface area (Å²) in [5.74, 6) is -2.19. The van der Waals surface area contributed by atoms with Crippen molar-refractivity contribution < 1.29 is 31.8 Å². The molecule has 0 fully saturated rings. The molecule has 0 unspecified atom stereocenters. The predicted molar refractivity (Wildman–Crippen MR) is 422 cm³/mol. The maximum atomic E-state index is 13.2. The van der Waals surface area contributed by atoms with Crippen molar-refractivity contribution in [1.29, 1.82) is 21.0 Å². The number of hydrogen-bond donors (Lipinski definition) is 6. The van der Waals surface area contributed by atoms with Crippen molar-refractivity contribution in [2.45, 2.75) is 147 Å². The smallest absolute Gasteiger partial charge is 0.304 e. The molecule has 0 saturated heterocycles. The van der Waals surface area contributed by atoms with E-state index < -0.39 is 78.2 Å². The predicted octanol–water partition coefficient (Wildman–Crippen LogP) is 10.8. The maximum Gasteiger partial charge on any atom is 0.329 e. The number of benzene rings is 4. The van der Waals surface area contributed by atoms with E-state index in [9.17, 15) is 66.0 Å². The Kier molecular flexibility index (Phi) is 36.0. The molecule has 0 bridgehead atoms. The van der Waals surface area contributed by atoms with E-state index in [1.165, 1.54) is 33.4 Å². The van der Waals surface area contributed by atoms with Crippen molar-refractivity contribution in [2.75, 3.05) is 18.7 Å². The van der Waals surface area contributed by atoms with E-state index in [1.807, 2.05) is 43.4 Å². The first-order valence-electron chi connectivity index (χ1n) is 34.3. The van der Waals surface area contributed by atoms with Gasteiger partial charge in [0.25, 0.3) is 32.4 Å². The number of nitrogens with zero attached hydrogens (tertiary/aromatic N) is 6. The van der Waals surface area contributed by atoms with Gasteiger partial charge in [0.15, 0.2) is 0 Å². The first kappa shape index (κ1) is 91.6. The molecule has 27 nitrogen and oxygen atoms in total. The summed E-state index contributed by atoms with van der Waals surface area (Å²) in [6, 6.07) is 27.0. The number of hydrogen-bond acceptors (Lipinski definition) is 19. The third-order valence-corrected chi connectivity index (χ3v) is 16.3. The van der Waals surface area contributed by atoms with Gasteiger partial charge >= 0.3 is 22.8 Å². The molecule has 0 radical (unpaired) electrons. The van der Waals surface area contributed by atoms with Crippen LogP contribution in [0.15, 0.2) is 161 Å². The molecule has 0 spiro atoms. The van der Waals surface area contributed by atoms with Crippen LogP contribution >= 0.6 is 11.6 Å². The third-order valence-electron chi connectivity index (χ3n) is 15.5. The molecule has 576 valence electrons. The molecule has 0 aliphatic rings. The lowest BCUT2D eigenvalue weighted by molar-refractivity contribution is 0.101. The topological polar surface area (TPSA) is 448 Å². The molecular formula is C81H89ClN12O15S. The first-order valence-corrected chi connectivity index (χ1v) is 36.7. The second kappa shape index (κ2) is 43.3. The van der Waals surface area contributed by atoms with Gasteiger partial charge in [-0.15, -0.1) is 24.8 Å². The van der Waals surface area contributed by atoms with Crippen molar-refractivity contribution >= 4 is 44.9 Å². The standard InChI is InChI=1S/2C20H21N3O3.2C16H15N3O3.C5H10O3S.C4H7Cl/c2*1-5-6-7-23-17(16(12(2)3)19(25)22-20(23)26)18(24)15-9-13(4)8-14(10-15)11-21;2*1-8(2)12-13(18-16(22)19-15(12)21)14(20)11-5-9(3)4-10(6-11)7-17;1-3-4-5-8-9(2,6)7;1-2-3-4-5/h5-6,8-10,12H,7H2,1-4H3,(H,22,25,26);5,8-10,12H,1,6-7H2,2-4H3,(H,22,25,26);2*4-6,8H,1-3H3,(H2,18,19,21,22);3H,1,4-5H2,2H3;2-3H,4H2,1H3/b6-5+;;;;;3-2+. The van der Waals surface area contributed by atoms with Crippen molar-refractivity contribution in [3.63, 3.8) is 0 Å². The van der Waals surface area contributed by atoms with E-state index >= 15 is 0 Å². The Labute approximate surface area is 640 Å². The number of aromatic nitrogens is 8. The average molecular weight is 1540 g/mol. The molecule has 4 aromatic heterocycles. The minimum atomic E-state index is -3.24. The fourth-order valence-electron chi connectivity index (χ4n) is 10.9. The van der Waals surface area contributed by atoms with Gasteiger partial charge in [0.2, 0.25) is 23.1 Å². The average Bonchev–Trinajstić information content (AvgIpc) is 0.779. The normalized spacial score (nSPS) is 10.7. The van der Waals surface area contributed by atoms with Crippen LogP contribution < -0.4 is 45.0 Å². The number of carbonyl (C=O) groups excluding carboxylic acids is 4. The van der Waals surface area contributed by atoms with E-state index in [0.29, 0.717) is 41.0 Å². The van der Waals surface area contributed by atoms with Crippen LogP contribution in [0.25, 0.3) is 0 Å². The van der Waals surface area contributed by atoms with Crippen molar-refractivity contribution in [2.24, 2.45) is 0 Å². The van der Waals surface area contributed by atoms with Crippen LogP contribution in [0.2, 0.25) is 0 Å². The summed E-state index contributed by atoms with van der Waals surface area (Å²) in [6.07, 6.45) is 12.6. The monoisotopic (exact) mass is 1540 g/mol. The molecule has 0 atom stereocenters. The Morgan fingerprint density at radius 3 is 1.05 bits per heavy atom. The molecule has 4 aromatic carbocycles. The van der Waals surface area contributed by atoms with Gasteiger partial charge in [0, 0.05) is 63.5 Å². The second-order valence-corrected chi connectivity index (χ2v) is 27.9. The van der Waals surface area contributed by atoms with Gasteiger partial charge < -0.3 is 9.97 Å². The summed E-state index contributed by atoms with van der Waals surface area (Å²) in [5.41, 5.74) is 1.58. The van der Waals surface area contributed by atoms with Crippen LogP contribution in [0.5, 0.6) is 0 Å². The highest BCUT2D eigenvalue weighted by Gasteiger charge is 2.28. The Hall–Kier alpha value is -12.6. The highest BCUT2D eigenvalue weighted by molar-refractivity contribution is 7.86. The lowest BCUT2D eigenvalue weighted by Gasteiger charge is -2.17. The van der Waals surface area contributed by atoms with Gasteiger partial charge in [-0.1, -0.05) is 91.8 Å². The maximum absolute atomic E-state index is 13.2. The third kappa shape index (κ3) is 26.4. The van der Waals surface area contributed by atoms with Crippen LogP contribution in [0.4, 0.5) is 0 Å². The zero-order valence-electron chi connectivity index (χ0n) is 64.0. The number of nitriles is 4. The summed E-state index contributed by atoms with van der Waals surface area (Å²) in [5, 5.41) is 36.3. The van der Waals surface area contributed by atoms with Crippen LogP contribution in [-0.4, -0.2) is 89.3 Å². The molecule has 29 heteroatoms. The van der Waals surface area contributed by atoms with E-state index in [4.69, 9.17) is 32.6 Å². The van der Waals surface area contributed by atoms with Crippen molar-refractivity contribution in [3.05, 3.63) is 318 Å². The van der Waals surface area contributed by atoms with Crippen molar-refractivity contribution in [3.8, 4) is 24.3 Å². The summed E-state index contributed by atoms with van der Waals surface area (Å²) < 4.78 is 27.4. The number of ketones is 4. The zero-order chi connectivity index (χ0) is 83.2. The number of aromatic amines is 6. The fraction of sp³-hybridized carbons (Fsp3) is 0.309. The first-order chi connectivity index (χ1) is 51.7. The van der Waals surface area contributed by atoms with E-state index in [-0.39, 0.29) is 111 Å². The van der Waals surface area contributed by atoms with Gasteiger partial charge in [-0.25, -0.2) is 19.2 Å². The number of carbonyl (C=O) groups is 4. The Balaban J connectivity index is 0.000000359. The highest BCUT2D eigenvalue weighted by atomic mass is 35.5. The molecule has 8 aromatic rings. The minimum Gasteiger partial charge on any atom is -0.304 e. The zero-order valence-corrected chi connectivity index (χ0v) is 65.5. The van der Waals surface area contributed by atoms with E-state index in [0.717, 1.165) is 28.5 Å². The largest absolute Gasteiger partial charge is 0.329 e. The molecule has 8 rings (SSSR count). The van der Waals surface area contributed by atoms with Gasteiger partial charge in [0.05, 0.1) is 70.8 Å². The van der Waals surface area contributed by atoms with Crippen LogP contribution in [-0.2, 0) is 27.4 Å². The molecular weight excluding hydrogens is 1450 g/mol. The SMILES string of the molecule is C/C=C/CCl.C/C=C/Cn1c(C(=O)c2cc(C)cc(C#N)c2)c(C(C)C)c(=O)[nH]c1=O.C=CCCOS(C)(=O)=O.C=CCCn1c(C(=O)c2cc(C)cc(C#N)c2)c(C(C)C)c(=O)[nH]c1=O.Cc1cc(C#N)cc(C(=O)c2[nH]c(=O)[nH]c(=O)c2C(C)C)c1.Cc1cc(C#N)cc(C(=O)c2[nH]c(=O)[nH]c(=O)c2C(C)C)c1. The summed E-state index contributed by atoms with van der Waals surface area (Å²) in [6.45, 7) is 32.7. The fourth-order valence-corrected chi connectivity index (χ4v) is 11.4. The Morgan fingerprint density at radius 1 is 0.464 bits per heavy atom.